The molecule has 1 aromatic carbocycles. The van der Waals surface area contributed by atoms with E-state index in [1.165, 1.54) is 4.52 Å². The van der Waals surface area contributed by atoms with Gasteiger partial charge in [0.1, 0.15) is 5.56 Å². The molecular weight excluding hydrogens is 436 g/mol. The Balaban J connectivity index is 1.25. The topological polar surface area (TPSA) is 109 Å². The normalized spacial score (nSPS) is 14.3. The maximum absolute atomic E-state index is 12.6. The second-order valence-corrected chi connectivity index (χ2v) is 8.40. The number of carbonyl (C=O) groups excluding carboxylic acids is 3. The minimum absolute atomic E-state index is 0.0801. The standard InChI is InChI=1S/C24H28N6O4/c1-16-6-4-7-17(2)22(16)26-19(31)14-28-10-12-29(13-11-28)20(32)15-34-24(33)21-18(3)27-30-9-5-8-25-23(21)30/h4-9H,10-15H2,1-3H3,(H,26,31). The smallest absolute Gasteiger partial charge is 0.344 e. The zero-order chi connectivity index (χ0) is 24.2. The number of amides is 2. The number of rotatable bonds is 6. The molecule has 0 bridgehead atoms. The van der Waals surface area contributed by atoms with Gasteiger partial charge in [-0.25, -0.2) is 14.3 Å². The van der Waals surface area contributed by atoms with Crippen LogP contribution >= 0.6 is 0 Å². The zero-order valence-corrected chi connectivity index (χ0v) is 19.6. The number of hydrogen-bond donors (Lipinski definition) is 1. The number of nitrogens with zero attached hydrogens (tertiary/aromatic N) is 5. The van der Waals surface area contributed by atoms with Crippen LogP contribution < -0.4 is 5.32 Å². The number of para-hydroxylation sites is 1. The largest absolute Gasteiger partial charge is 0.452 e. The van der Waals surface area contributed by atoms with Gasteiger partial charge >= 0.3 is 5.97 Å². The van der Waals surface area contributed by atoms with Crippen LogP contribution in [0.3, 0.4) is 0 Å². The van der Waals surface area contributed by atoms with Crippen molar-refractivity contribution < 1.29 is 19.1 Å². The lowest BCUT2D eigenvalue weighted by Crippen LogP contribution is -2.51. The van der Waals surface area contributed by atoms with Crippen LogP contribution in [0.1, 0.15) is 27.2 Å². The van der Waals surface area contributed by atoms with Crippen molar-refractivity contribution in [2.45, 2.75) is 20.8 Å². The molecule has 0 aliphatic carbocycles. The molecule has 3 aromatic rings. The number of fused-ring (bicyclic) bond motifs is 1. The van der Waals surface area contributed by atoms with Crippen molar-refractivity contribution in [3.63, 3.8) is 0 Å². The molecule has 1 saturated heterocycles. The van der Waals surface area contributed by atoms with Gasteiger partial charge in [-0.1, -0.05) is 18.2 Å². The molecule has 0 radical (unpaired) electrons. The molecule has 2 amide bonds. The number of nitrogens with one attached hydrogen (secondary N) is 1. The van der Waals surface area contributed by atoms with Gasteiger partial charge in [0, 0.05) is 44.3 Å². The number of aryl methyl sites for hydroxylation is 3. The maximum Gasteiger partial charge on any atom is 0.344 e. The van der Waals surface area contributed by atoms with E-state index in [0.29, 0.717) is 37.5 Å². The number of ether oxygens (including phenoxy) is 1. The number of piperazine rings is 1. The van der Waals surface area contributed by atoms with E-state index in [0.717, 1.165) is 16.8 Å². The highest BCUT2D eigenvalue weighted by Gasteiger charge is 2.25. The number of benzene rings is 1. The Labute approximate surface area is 197 Å². The van der Waals surface area contributed by atoms with E-state index in [-0.39, 0.29) is 30.5 Å². The summed E-state index contributed by atoms with van der Waals surface area (Å²) in [4.78, 5) is 45.5. The van der Waals surface area contributed by atoms with E-state index in [4.69, 9.17) is 4.74 Å². The molecule has 34 heavy (non-hydrogen) atoms. The van der Waals surface area contributed by atoms with E-state index >= 15 is 0 Å². The van der Waals surface area contributed by atoms with Crippen LogP contribution in [0.4, 0.5) is 5.69 Å². The van der Waals surface area contributed by atoms with Crippen LogP contribution in [0.25, 0.3) is 5.65 Å². The van der Waals surface area contributed by atoms with Crippen LogP contribution in [0, 0.1) is 20.8 Å². The monoisotopic (exact) mass is 464 g/mol. The zero-order valence-electron chi connectivity index (χ0n) is 19.6. The Bertz CT molecular complexity index is 1210. The fourth-order valence-corrected chi connectivity index (χ4v) is 4.08. The van der Waals surface area contributed by atoms with E-state index in [1.54, 1.807) is 30.3 Å². The van der Waals surface area contributed by atoms with Crippen molar-refractivity contribution in [3.05, 3.63) is 59.0 Å². The molecule has 1 aliphatic rings. The Morgan fingerprint density at radius 3 is 2.44 bits per heavy atom. The highest BCUT2D eigenvalue weighted by molar-refractivity contribution is 5.98. The minimum atomic E-state index is -0.624. The summed E-state index contributed by atoms with van der Waals surface area (Å²) in [5.41, 5.74) is 4.03. The molecule has 0 spiro atoms. The minimum Gasteiger partial charge on any atom is -0.452 e. The van der Waals surface area contributed by atoms with Crippen LogP contribution in [0.5, 0.6) is 0 Å². The first kappa shape index (κ1) is 23.4. The van der Waals surface area contributed by atoms with Gasteiger partial charge in [0.15, 0.2) is 12.3 Å². The molecule has 1 N–H and O–H groups in total. The van der Waals surface area contributed by atoms with Crippen molar-refractivity contribution in [1.82, 2.24) is 24.4 Å². The molecule has 1 fully saturated rings. The highest BCUT2D eigenvalue weighted by atomic mass is 16.5. The van der Waals surface area contributed by atoms with Crippen LogP contribution in [0.15, 0.2) is 36.7 Å². The Morgan fingerprint density at radius 1 is 1.03 bits per heavy atom. The molecule has 10 nitrogen and oxygen atoms in total. The Morgan fingerprint density at radius 2 is 1.74 bits per heavy atom. The number of hydrogen-bond acceptors (Lipinski definition) is 7. The third kappa shape index (κ3) is 5.07. The molecule has 10 heteroatoms. The fourth-order valence-electron chi connectivity index (χ4n) is 4.08. The van der Waals surface area contributed by atoms with Crippen molar-refractivity contribution in [2.75, 3.05) is 44.6 Å². The van der Waals surface area contributed by atoms with Crippen LogP contribution in [0.2, 0.25) is 0 Å². The average molecular weight is 465 g/mol. The molecule has 1 aliphatic heterocycles. The first-order chi connectivity index (χ1) is 16.3. The van der Waals surface area contributed by atoms with Gasteiger partial charge in [-0.2, -0.15) is 5.10 Å². The SMILES string of the molecule is Cc1cccc(C)c1NC(=O)CN1CCN(C(=O)COC(=O)c2c(C)nn3cccnc23)CC1. The van der Waals surface area contributed by atoms with Gasteiger partial charge in [0.05, 0.1) is 12.2 Å². The number of carbonyl (C=O) groups is 3. The predicted molar refractivity (Wildman–Crippen MR) is 126 cm³/mol. The van der Waals surface area contributed by atoms with E-state index in [9.17, 15) is 14.4 Å². The van der Waals surface area contributed by atoms with E-state index < -0.39 is 5.97 Å². The van der Waals surface area contributed by atoms with Gasteiger partial charge in [0.25, 0.3) is 5.91 Å². The van der Waals surface area contributed by atoms with Gasteiger partial charge in [-0.05, 0) is 38.0 Å². The lowest BCUT2D eigenvalue weighted by molar-refractivity contribution is -0.136. The van der Waals surface area contributed by atoms with Gasteiger partial charge in [-0.15, -0.1) is 0 Å². The van der Waals surface area contributed by atoms with Crippen molar-refractivity contribution in [2.24, 2.45) is 0 Å². The lowest BCUT2D eigenvalue weighted by atomic mass is 10.1. The fraction of sp³-hybridized carbons (Fsp3) is 0.375. The number of anilines is 1. The summed E-state index contributed by atoms with van der Waals surface area (Å²) >= 11 is 0. The lowest BCUT2D eigenvalue weighted by Gasteiger charge is -2.34. The van der Waals surface area contributed by atoms with Gasteiger partial charge in [0.2, 0.25) is 5.91 Å². The van der Waals surface area contributed by atoms with Crippen LogP contribution in [-0.4, -0.2) is 81.5 Å². The Kier molecular flexibility index (Phi) is 6.87. The third-order valence-corrected chi connectivity index (χ3v) is 5.94. The first-order valence-corrected chi connectivity index (χ1v) is 11.2. The van der Waals surface area contributed by atoms with Crippen molar-refractivity contribution in [3.8, 4) is 0 Å². The Hall–Kier alpha value is -3.79. The summed E-state index contributed by atoms with van der Waals surface area (Å²) in [5, 5.41) is 7.23. The second kappa shape index (κ2) is 10.0. The molecule has 3 heterocycles. The molecule has 0 saturated carbocycles. The average Bonchev–Trinajstić information content (AvgIpc) is 3.16. The maximum atomic E-state index is 12.6. The third-order valence-electron chi connectivity index (χ3n) is 5.94. The molecule has 0 unspecified atom stereocenters. The second-order valence-electron chi connectivity index (χ2n) is 8.40. The van der Waals surface area contributed by atoms with Gasteiger partial charge in [-0.3, -0.25) is 14.5 Å². The summed E-state index contributed by atoms with van der Waals surface area (Å²) in [6.45, 7) is 7.59. The molecule has 2 aromatic heterocycles. The molecule has 178 valence electrons. The number of esters is 1. The summed E-state index contributed by atoms with van der Waals surface area (Å²) in [5.74, 6) is -0.972. The first-order valence-electron chi connectivity index (χ1n) is 11.2. The predicted octanol–water partition coefficient (Wildman–Crippen LogP) is 1.59. The summed E-state index contributed by atoms with van der Waals surface area (Å²) in [7, 11) is 0. The van der Waals surface area contributed by atoms with Crippen LogP contribution in [-0.2, 0) is 14.3 Å². The summed E-state index contributed by atoms with van der Waals surface area (Å²) in [6.07, 6.45) is 3.26. The molecule has 4 rings (SSSR count). The molecule has 0 atom stereocenters. The highest BCUT2D eigenvalue weighted by Crippen LogP contribution is 2.19. The summed E-state index contributed by atoms with van der Waals surface area (Å²) < 4.78 is 6.77. The van der Waals surface area contributed by atoms with E-state index in [2.05, 4.69) is 15.4 Å². The number of aromatic nitrogens is 3. The van der Waals surface area contributed by atoms with Crippen molar-refractivity contribution >= 4 is 29.1 Å². The van der Waals surface area contributed by atoms with Crippen molar-refractivity contribution in [1.29, 1.82) is 0 Å². The summed E-state index contributed by atoms with van der Waals surface area (Å²) in [6, 6.07) is 7.61. The van der Waals surface area contributed by atoms with Gasteiger partial charge < -0.3 is 15.0 Å². The van der Waals surface area contributed by atoms with E-state index in [1.807, 2.05) is 36.9 Å². The quantitative estimate of drug-likeness (QED) is 0.552. The molecular formula is C24H28N6O4.